The van der Waals surface area contributed by atoms with E-state index in [9.17, 15) is 32.3 Å². The average molecular weight is 676 g/mol. The number of halogens is 4. The molecule has 3 rings (SSSR count). The molecule has 0 aliphatic heterocycles. The number of hydrogen-bond donors (Lipinski definition) is 3. The van der Waals surface area contributed by atoms with E-state index in [2.05, 4.69) is 34.5 Å². The number of nitrogens with zero attached hydrogens (tertiary/aromatic N) is 2. The van der Waals surface area contributed by atoms with Crippen LogP contribution in [0.4, 0.5) is 23.2 Å². The molecule has 0 radical (unpaired) electrons. The van der Waals surface area contributed by atoms with E-state index in [0.29, 0.717) is 12.1 Å². The maximum atomic E-state index is 13.4. The van der Waals surface area contributed by atoms with E-state index in [4.69, 9.17) is 12.2 Å². The van der Waals surface area contributed by atoms with E-state index in [1.165, 1.54) is 69.0 Å². The molecule has 1 aromatic carbocycles. The van der Waals surface area contributed by atoms with Crippen molar-refractivity contribution in [2.45, 2.75) is 102 Å². The normalized spacial score (nSPS) is 12.4. The molecule has 0 saturated carbocycles. The number of aliphatic carboxylic acids is 1. The van der Waals surface area contributed by atoms with Gasteiger partial charge in [-0.1, -0.05) is 87.3 Å². The second-order valence-electron chi connectivity index (χ2n) is 11.5. The van der Waals surface area contributed by atoms with Crippen LogP contribution in [-0.4, -0.2) is 26.1 Å². The number of thiocarbonyl (C=S) groups is 1. The molecule has 0 spiro atoms. The fraction of sp³-hybridized carbons (Fsp3) is 0.457. The van der Waals surface area contributed by atoms with E-state index in [0.717, 1.165) is 55.1 Å². The average Bonchev–Trinajstić information content (AvgIpc) is 3.03. The van der Waals surface area contributed by atoms with E-state index >= 15 is 0 Å². The third kappa shape index (κ3) is 12.3. The Morgan fingerprint density at radius 2 is 1.60 bits per heavy atom. The van der Waals surface area contributed by atoms with Gasteiger partial charge in [0.15, 0.2) is 0 Å². The van der Waals surface area contributed by atoms with Crippen molar-refractivity contribution >= 4 is 28.9 Å². The molecular formula is C35H43F4N4O3S+. The van der Waals surface area contributed by atoms with Crippen molar-refractivity contribution in [2.75, 3.05) is 5.32 Å². The van der Waals surface area contributed by atoms with Crippen molar-refractivity contribution in [1.29, 1.82) is 0 Å². The molecule has 47 heavy (non-hydrogen) atoms. The standard InChI is InChI=1S/C35H42F4N4O3S/c1-2-3-4-5-6-7-8-9-10-11-12-13-14-15-16-28(34(45)46)29-24-43(27-21-22-30(40-23-27)35(37,38)39)42-32(44)31(29)33(47)41-26-19-17-25(36)18-20-26/h9-10,17-24,28H,2-8,11-16H2,1H3,(H2-,41,42,44,45,46,47)/p+1/b10-9-. The summed E-state index contributed by atoms with van der Waals surface area (Å²) >= 11 is 5.51. The largest absolute Gasteiger partial charge is 0.481 e. The fourth-order valence-electron chi connectivity index (χ4n) is 5.25. The summed E-state index contributed by atoms with van der Waals surface area (Å²) in [5.74, 6) is -2.77. The highest BCUT2D eigenvalue weighted by Crippen LogP contribution is 2.28. The smallest absolute Gasteiger partial charge is 0.433 e. The van der Waals surface area contributed by atoms with E-state index < -0.39 is 35.1 Å². The van der Waals surface area contributed by atoms with E-state index in [-0.39, 0.29) is 28.2 Å². The number of carbonyl (C=O) groups is 1. The number of rotatable bonds is 19. The van der Waals surface area contributed by atoms with Crippen molar-refractivity contribution in [3.8, 4) is 5.69 Å². The molecule has 1 atom stereocenters. The Labute approximate surface area is 278 Å². The molecule has 2 heterocycles. The summed E-state index contributed by atoms with van der Waals surface area (Å²) < 4.78 is 53.8. The van der Waals surface area contributed by atoms with Crippen LogP contribution in [-0.2, 0) is 11.0 Å². The summed E-state index contributed by atoms with van der Waals surface area (Å²) in [6, 6.07) is 7.15. The first-order chi connectivity index (χ1) is 22.5. The molecule has 0 bridgehead atoms. The number of nitrogens with one attached hydrogen (secondary N) is 2. The molecule has 12 heteroatoms. The molecule has 1 unspecified atom stereocenters. The van der Waals surface area contributed by atoms with Gasteiger partial charge in [-0.25, -0.2) is 9.37 Å². The number of benzene rings is 1. The van der Waals surface area contributed by atoms with Crippen LogP contribution in [0.5, 0.6) is 0 Å². The number of alkyl halides is 3. The molecule has 254 valence electrons. The van der Waals surface area contributed by atoms with Crippen LogP contribution in [0.15, 0.2) is 65.7 Å². The first kappa shape index (κ1) is 37.5. The molecule has 0 fully saturated rings. The van der Waals surface area contributed by atoms with Crippen LogP contribution in [0.1, 0.15) is 113 Å². The number of H-pyrrole nitrogens is 1. The number of allylic oxidation sites excluding steroid dienone is 2. The summed E-state index contributed by atoms with van der Waals surface area (Å²) in [5.41, 5.74) is -1.38. The van der Waals surface area contributed by atoms with Gasteiger partial charge in [-0.3, -0.25) is 9.59 Å². The minimum absolute atomic E-state index is 0.0791. The number of aromatic amines is 1. The Kier molecular flexibility index (Phi) is 15.2. The number of carboxylic acids is 1. The lowest BCUT2D eigenvalue weighted by Crippen LogP contribution is -2.44. The molecule has 0 aliphatic rings. The highest BCUT2D eigenvalue weighted by atomic mass is 32.1. The van der Waals surface area contributed by atoms with Gasteiger partial charge in [-0.2, -0.15) is 13.2 Å². The lowest BCUT2D eigenvalue weighted by atomic mass is 9.91. The monoisotopic (exact) mass is 675 g/mol. The Morgan fingerprint density at radius 1 is 0.979 bits per heavy atom. The topological polar surface area (TPSA) is 99.0 Å². The molecule has 0 aliphatic carbocycles. The van der Waals surface area contributed by atoms with Crippen molar-refractivity contribution in [1.82, 2.24) is 10.1 Å². The summed E-state index contributed by atoms with van der Waals surface area (Å²) in [6.07, 6.45) is 15.2. The maximum Gasteiger partial charge on any atom is 0.433 e. The van der Waals surface area contributed by atoms with Crippen LogP contribution < -0.4 is 15.6 Å². The van der Waals surface area contributed by atoms with E-state index in [1.807, 2.05) is 0 Å². The van der Waals surface area contributed by atoms with Crippen molar-refractivity contribution in [3.63, 3.8) is 0 Å². The molecular weight excluding hydrogens is 632 g/mol. The number of carboxylic acid groups (broad SMARTS) is 1. The number of anilines is 1. The van der Waals surface area contributed by atoms with Gasteiger partial charge in [-0.05, 0) is 62.4 Å². The van der Waals surface area contributed by atoms with Crippen molar-refractivity contribution in [2.24, 2.45) is 0 Å². The molecule has 2 aromatic heterocycles. The molecule has 3 aromatic rings. The lowest BCUT2D eigenvalue weighted by molar-refractivity contribution is -0.662. The van der Waals surface area contributed by atoms with Gasteiger partial charge in [0.05, 0.1) is 11.5 Å². The first-order valence-electron chi connectivity index (χ1n) is 16.2. The molecule has 0 saturated heterocycles. The van der Waals surface area contributed by atoms with Crippen LogP contribution in [0.2, 0.25) is 0 Å². The zero-order valence-electron chi connectivity index (χ0n) is 26.6. The second kappa shape index (κ2) is 19.0. The van der Waals surface area contributed by atoms with E-state index in [1.54, 1.807) is 0 Å². The number of aromatic nitrogens is 3. The van der Waals surface area contributed by atoms with Gasteiger partial charge >= 0.3 is 17.7 Å². The number of hydrogen-bond acceptors (Lipinski definition) is 4. The maximum absolute atomic E-state index is 13.4. The molecule has 0 amide bonds. The number of unbranched alkanes of at least 4 members (excludes halogenated alkanes) is 10. The minimum atomic E-state index is -4.65. The zero-order valence-corrected chi connectivity index (χ0v) is 27.4. The summed E-state index contributed by atoms with van der Waals surface area (Å²) in [6.45, 7) is 2.21. The second-order valence-corrected chi connectivity index (χ2v) is 11.9. The Balaban J connectivity index is 1.72. The van der Waals surface area contributed by atoms with Gasteiger partial charge in [-0.15, -0.1) is 5.10 Å². The Morgan fingerprint density at radius 3 is 2.17 bits per heavy atom. The van der Waals surface area contributed by atoms with Gasteiger partial charge in [0.25, 0.3) is 5.69 Å². The Bertz CT molecular complexity index is 1520. The van der Waals surface area contributed by atoms with Gasteiger partial charge in [0.2, 0.25) is 6.20 Å². The van der Waals surface area contributed by atoms with Gasteiger partial charge in [0, 0.05) is 17.3 Å². The SMILES string of the molecule is CCCCCCCC/C=C\CCCCCCC(C(=O)O)c1c[n+](-c2ccc(C(F)(F)F)nc2)[nH]c(=O)c1C(=S)Nc1ccc(F)cc1. The zero-order chi connectivity index (χ0) is 34.2. The van der Waals surface area contributed by atoms with Crippen LogP contribution in [0.3, 0.4) is 0 Å². The summed E-state index contributed by atoms with van der Waals surface area (Å²) in [5, 5.41) is 15.7. The minimum Gasteiger partial charge on any atom is -0.481 e. The third-order valence-corrected chi connectivity index (χ3v) is 8.14. The third-order valence-electron chi connectivity index (χ3n) is 7.83. The molecule has 7 nitrogen and oxygen atoms in total. The van der Waals surface area contributed by atoms with Gasteiger partial charge in [0.1, 0.15) is 22.7 Å². The fourth-order valence-corrected chi connectivity index (χ4v) is 5.58. The lowest BCUT2D eigenvalue weighted by Gasteiger charge is -2.16. The van der Waals surface area contributed by atoms with Gasteiger partial charge < -0.3 is 10.4 Å². The van der Waals surface area contributed by atoms with Crippen LogP contribution in [0, 0.1) is 5.82 Å². The quantitative estimate of drug-likeness (QED) is 0.0386. The predicted molar refractivity (Wildman–Crippen MR) is 178 cm³/mol. The van der Waals surface area contributed by atoms with Crippen LogP contribution in [0.25, 0.3) is 5.69 Å². The number of pyridine rings is 1. The summed E-state index contributed by atoms with van der Waals surface area (Å²) in [7, 11) is 0. The van der Waals surface area contributed by atoms with Crippen molar-refractivity contribution in [3.05, 3.63) is 93.9 Å². The summed E-state index contributed by atoms with van der Waals surface area (Å²) in [4.78, 5) is 29.4. The van der Waals surface area contributed by atoms with Crippen LogP contribution >= 0.6 is 12.2 Å². The molecule has 3 N–H and O–H groups in total. The van der Waals surface area contributed by atoms with Crippen molar-refractivity contribution < 1.29 is 32.1 Å². The Hall–Kier alpha value is -3.93. The predicted octanol–water partition coefficient (Wildman–Crippen LogP) is 8.81. The highest BCUT2D eigenvalue weighted by molar-refractivity contribution is 7.81. The first-order valence-corrected chi connectivity index (χ1v) is 16.6. The highest BCUT2D eigenvalue weighted by Gasteiger charge is 2.34.